The first-order valence-electron chi connectivity index (χ1n) is 4.95. The molecule has 0 spiro atoms. The summed E-state index contributed by atoms with van der Waals surface area (Å²) in [6.07, 6.45) is -0.132. The number of nitrogens with one attached hydrogen (secondary N) is 2. The topological polar surface area (TPSA) is 59.6 Å². The van der Waals surface area contributed by atoms with E-state index < -0.39 is 0 Å². The molecule has 1 rings (SSSR count). The summed E-state index contributed by atoms with van der Waals surface area (Å²) in [5.41, 5.74) is 0. The maximum atomic E-state index is 11.5. The Bertz CT molecular complexity index is 181. The molecule has 1 aliphatic heterocycles. The second kappa shape index (κ2) is 5.95. The van der Waals surface area contributed by atoms with Gasteiger partial charge in [0.25, 0.3) is 0 Å². The fraction of sp³-hybridized carbons (Fsp3) is 0.889. The van der Waals surface area contributed by atoms with E-state index in [0.29, 0.717) is 19.8 Å². The number of hydrogen-bond acceptors (Lipinski definition) is 5. The molecular formula is C9H18N2O3. The van der Waals surface area contributed by atoms with E-state index in [0.717, 1.165) is 6.54 Å². The lowest BCUT2D eigenvalue weighted by atomic mass is 10.1. The van der Waals surface area contributed by atoms with Crippen molar-refractivity contribution in [2.75, 3.05) is 33.4 Å². The highest BCUT2D eigenvalue weighted by Crippen LogP contribution is 2.04. The second-order valence-corrected chi connectivity index (χ2v) is 3.13. The predicted octanol–water partition coefficient (Wildman–Crippen LogP) is -0.874. The van der Waals surface area contributed by atoms with E-state index in [-0.39, 0.29) is 18.1 Å². The molecule has 0 aromatic rings. The van der Waals surface area contributed by atoms with Gasteiger partial charge in [0.05, 0.1) is 19.3 Å². The maximum absolute atomic E-state index is 11.5. The van der Waals surface area contributed by atoms with Crippen molar-refractivity contribution in [3.8, 4) is 0 Å². The quantitative estimate of drug-likeness (QED) is 0.580. The summed E-state index contributed by atoms with van der Waals surface area (Å²) < 4.78 is 10.4. The molecule has 2 N–H and O–H groups in total. The number of carbonyl (C=O) groups excluding carboxylic acids is 1. The van der Waals surface area contributed by atoms with Crippen LogP contribution in [0.2, 0.25) is 0 Å². The number of hydrogen-bond donors (Lipinski definition) is 2. The van der Waals surface area contributed by atoms with Crippen LogP contribution in [-0.2, 0) is 14.3 Å². The van der Waals surface area contributed by atoms with Gasteiger partial charge >= 0.3 is 5.97 Å². The van der Waals surface area contributed by atoms with Crippen LogP contribution in [0.15, 0.2) is 0 Å². The molecule has 2 atom stereocenters. The van der Waals surface area contributed by atoms with E-state index in [1.807, 2.05) is 0 Å². The minimum atomic E-state index is -0.372. The number of ether oxygens (including phenoxy) is 2. The molecule has 1 fully saturated rings. The largest absolute Gasteiger partial charge is 0.465 e. The molecule has 82 valence electrons. The molecule has 5 nitrogen and oxygen atoms in total. The van der Waals surface area contributed by atoms with Gasteiger partial charge in [-0.15, -0.1) is 0 Å². The van der Waals surface area contributed by atoms with Crippen molar-refractivity contribution in [2.24, 2.45) is 0 Å². The van der Waals surface area contributed by atoms with E-state index in [1.54, 1.807) is 14.0 Å². The van der Waals surface area contributed by atoms with Crippen molar-refractivity contribution in [1.29, 1.82) is 0 Å². The van der Waals surface area contributed by atoms with Gasteiger partial charge in [-0.05, 0) is 14.0 Å². The highest BCUT2D eigenvalue weighted by molar-refractivity contribution is 5.76. The van der Waals surface area contributed by atoms with E-state index >= 15 is 0 Å². The van der Waals surface area contributed by atoms with Crippen LogP contribution in [0.4, 0.5) is 0 Å². The second-order valence-electron chi connectivity index (χ2n) is 3.13. The van der Waals surface area contributed by atoms with Crippen LogP contribution in [0.25, 0.3) is 0 Å². The van der Waals surface area contributed by atoms with Crippen molar-refractivity contribution < 1.29 is 14.3 Å². The molecule has 0 bridgehead atoms. The van der Waals surface area contributed by atoms with Gasteiger partial charge in [0.2, 0.25) is 0 Å². The first-order valence-corrected chi connectivity index (χ1v) is 4.95. The van der Waals surface area contributed by atoms with Gasteiger partial charge in [-0.2, -0.15) is 0 Å². The molecule has 14 heavy (non-hydrogen) atoms. The molecular weight excluding hydrogens is 184 g/mol. The summed E-state index contributed by atoms with van der Waals surface area (Å²) in [5, 5.41) is 6.09. The van der Waals surface area contributed by atoms with Crippen molar-refractivity contribution >= 4 is 5.97 Å². The Morgan fingerprint density at radius 2 is 2.57 bits per heavy atom. The smallest absolute Gasteiger partial charge is 0.325 e. The molecule has 2 unspecified atom stereocenters. The maximum Gasteiger partial charge on any atom is 0.325 e. The number of rotatable bonds is 4. The fourth-order valence-electron chi connectivity index (χ4n) is 1.49. The van der Waals surface area contributed by atoms with Crippen LogP contribution in [0.5, 0.6) is 0 Å². The molecule has 0 aromatic carbocycles. The molecule has 1 heterocycles. The van der Waals surface area contributed by atoms with Crippen LogP contribution in [0.1, 0.15) is 6.92 Å². The zero-order valence-electron chi connectivity index (χ0n) is 8.71. The monoisotopic (exact) mass is 202 g/mol. The van der Waals surface area contributed by atoms with Crippen molar-refractivity contribution in [1.82, 2.24) is 10.6 Å². The summed E-state index contributed by atoms with van der Waals surface area (Å²) in [6, 6.07) is -0.372. The molecule has 0 aliphatic carbocycles. The van der Waals surface area contributed by atoms with Crippen LogP contribution in [0, 0.1) is 0 Å². The van der Waals surface area contributed by atoms with Gasteiger partial charge in [0, 0.05) is 13.1 Å². The Morgan fingerprint density at radius 3 is 3.07 bits per heavy atom. The molecule has 1 saturated heterocycles. The van der Waals surface area contributed by atoms with E-state index in [4.69, 9.17) is 9.47 Å². The average Bonchev–Trinajstić information content (AvgIpc) is 2.21. The van der Waals surface area contributed by atoms with Crippen LogP contribution >= 0.6 is 0 Å². The lowest BCUT2D eigenvalue weighted by Gasteiger charge is -2.29. The van der Waals surface area contributed by atoms with E-state index in [9.17, 15) is 4.79 Å². The van der Waals surface area contributed by atoms with Gasteiger partial charge < -0.3 is 20.1 Å². The number of esters is 1. The molecule has 1 aliphatic rings. The minimum absolute atomic E-state index is 0.132. The lowest BCUT2D eigenvalue weighted by Crippen LogP contribution is -2.53. The highest BCUT2D eigenvalue weighted by Gasteiger charge is 2.30. The van der Waals surface area contributed by atoms with Crippen LogP contribution in [0.3, 0.4) is 0 Å². The summed E-state index contributed by atoms with van der Waals surface area (Å²) in [7, 11) is 1.74. The van der Waals surface area contributed by atoms with Gasteiger partial charge in [0.1, 0.15) is 6.04 Å². The normalized spacial score (nSPS) is 24.3. The molecule has 5 heteroatoms. The Hall–Kier alpha value is -0.650. The minimum Gasteiger partial charge on any atom is -0.465 e. The Kier molecular flexibility index (Phi) is 4.86. The number of morpholine rings is 1. The van der Waals surface area contributed by atoms with Crippen LogP contribution in [-0.4, -0.2) is 51.5 Å². The molecule has 0 radical (unpaired) electrons. The average molecular weight is 202 g/mol. The van der Waals surface area contributed by atoms with Crippen molar-refractivity contribution in [2.45, 2.75) is 19.1 Å². The van der Waals surface area contributed by atoms with Gasteiger partial charge in [-0.25, -0.2) is 0 Å². The van der Waals surface area contributed by atoms with E-state index in [2.05, 4.69) is 10.6 Å². The first-order chi connectivity index (χ1) is 6.79. The first kappa shape index (κ1) is 11.4. The Balaban J connectivity index is 2.46. The summed E-state index contributed by atoms with van der Waals surface area (Å²) in [4.78, 5) is 11.5. The predicted molar refractivity (Wildman–Crippen MR) is 52.1 cm³/mol. The van der Waals surface area contributed by atoms with Crippen molar-refractivity contribution in [3.63, 3.8) is 0 Å². The van der Waals surface area contributed by atoms with E-state index in [1.165, 1.54) is 0 Å². The third-order valence-electron chi connectivity index (χ3n) is 2.18. The third kappa shape index (κ3) is 2.94. The Morgan fingerprint density at radius 1 is 1.79 bits per heavy atom. The fourth-order valence-corrected chi connectivity index (χ4v) is 1.49. The summed E-state index contributed by atoms with van der Waals surface area (Å²) in [5.74, 6) is -0.247. The van der Waals surface area contributed by atoms with Gasteiger partial charge in [-0.3, -0.25) is 4.79 Å². The third-order valence-corrected chi connectivity index (χ3v) is 2.18. The molecule has 0 amide bonds. The summed E-state index contributed by atoms with van der Waals surface area (Å²) >= 11 is 0. The number of likely N-dealkylation sites (N-methyl/N-ethyl adjacent to an activating group) is 1. The standard InChI is InChI=1S/C9H18N2O3/c1-3-13-9(12)8(10-2)7-6-11-4-5-14-7/h7-8,10-11H,3-6H2,1-2H3. The lowest BCUT2D eigenvalue weighted by molar-refractivity contribution is -0.150. The highest BCUT2D eigenvalue weighted by atomic mass is 16.5. The number of carbonyl (C=O) groups is 1. The summed E-state index contributed by atoms with van der Waals surface area (Å²) in [6.45, 7) is 4.37. The van der Waals surface area contributed by atoms with Crippen LogP contribution < -0.4 is 10.6 Å². The zero-order chi connectivity index (χ0) is 10.4. The van der Waals surface area contributed by atoms with Gasteiger partial charge in [-0.1, -0.05) is 0 Å². The van der Waals surface area contributed by atoms with Crippen molar-refractivity contribution in [3.05, 3.63) is 0 Å². The Labute approximate surface area is 84.1 Å². The SMILES string of the molecule is CCOC(=O)C(NC)C1CNCCO1. The molecule has 0 aromatic heterocycles. The zero-order valence-corrected chi connectivity index (χ0v) is 8.71. The molecule has 0 saturated carbocycles. The van der Waals surface area contributed by atoms with Gasteiger partial charge in [0.15, 0.2) is 0 Å².